The van der Waals surface area contributed by atoms with E-state index >= 15 is 0 Å². The molecular weight excluding hydrogens is 238 g/mol. The minimum atomic E-state index is 0.548. The molecule has 5 heteroatoms. The molecule has 1 aromatic rings. The third kappa shape index (κ3) is 2.39. The van der Waals surface area contributed by atoms with Crippen LogP contribution in [-0.2, 0) is 0 Å². The minimum absolute atomic E-state index is 0.548. The maximum atomic E-state index is 5.61. The van der Waals surface area contributed by atoms with Gasteiger partial charge in [0.2, 0.25) is 0 Å². The SMILES string of the molecule is Cc1c(NN)nc(C2CC2)nc1N1CCCCC1C. The Hall–Kier alpha value is -1.36. The molecule has 0 aromatic carbocycles. The first-order valence-corrected chi connectivity index (χ1v) is 7.32. The van der Waals surface area contributed by atoms with Crippen molar-refractivity contribution in [2.45, 2.75) is 57.9 Å². The maximum Gasteiger partial charge on any atom is 0.148 e. The Morgan fingerprint density at radius 3 is 2.63 bits per heavy atom. The van der Waals surface area contributed by atoms with Gasteiger partial charge in [-0.2, -0.15) is 0 Å². The van der Waals surface area contributed by atoms with Crippen molar-refractivity contribution < 1.29 is 0 Å². The lowest BCUT2D eigenvalue weighted by atomic mass is 10.0. The van der Waals surface area contributed by atoms with Gasteiger partial charge in [0.25, 0.3) is 0 Å². The number of nitrogens with two attached hydrogens (primary N) is 1. The van der Waals surface area contributed by atoms with Gasteiger partial charge in [0.05, 0.1) is 0 Å². The summed E-state index contributed by atoms with van der Waals surface area (Å²) >= 11 is 0. The van der Waals surface area contributed by atoms with E-state index in [2.05, 4.69) is 29.2 Å². The van der Waals surface area contributed by atoms with Crippen molar-refractivity contribution in [3.05, 3.63) is 11.4 Å². The standard InChI is InChI=1S/C14H23N5/c1-9-5-3-4-8-19(9)14-10(2)12(18-15)16-13(17-14)11-6-7-11/h9,11H,3-8,15H2,1-2H3,(H,16,17,18). The Morgan fingerprint density at radius 1 is 1.21 bits per heavy atom. The van der Waals surface area contributed by atoms with Crippen LogP contribution in [-0.4, -0.2) is 22.6 Å². The number of piperidine rings is 1. The average Bonchev–Trinajstić information content (AvgIpc) is 3.24. The number of rotatable bonds is 3. The van der Waals surface area contributed by atoms with Crippen LogP contribution in [0.3, 0.4) is 0 Å². The van der Waals surface area contributed by atoms with Crippen LogP contribution in [0.1, 0.15) is 56.3 Å². The molecule has 3 rings (SSSR count). The van der Waals surface area contributed by atoms with E-state index < -0.39 is 0 Å². The predicted molar refractivity (Wildman–Crippen MR) is 77.2 cm³/mol. The third-order valence-electron chi connectivity index (χ3n) is 4.29. The van der Waals surface area contributed by atoms with E-state index in [1.165, 1.54) is 32.1 Å². The number of nitrogens with one attached hydrogen (secondary N) is 1. The van der Waals surface area contributed by atoms with Crippen LogP contribution < -0.4 is 16.2 Å². The Morgan fingerprint density at radius 2 is 2.00 bits per heavy atom. The molecule has 1 aliphatic carbocycles. The molecule has 1 aliphatic heterocycles. The van der Waals surface area contributed by atoms with Crippen molar-refractivity contribution >= 4 is 11.6 Å². The molecule has 1 unspecified atom stereocenters. The highest BCUT2D eigenvalue weighted by Crippen LogP contribution is 2.40. The Bertz CT molecular complexity index is 469. The van der Waals surface area contributed by atoms with Gasteiger partial charge in [-0.15, -0.1) is 0 Å². The normalized spacial score (nSPS) is 23.5. The zero-order valence-corrected chi connectivity index (χ0v) is 11.8. The van der Waals surface area contributed by atoms with Crippen LogP contribution >= 0.6 is 0 Å². The van der Waals surface area contributed by atoms with Gasteiger partial charge in [0, 0.05) is 24.1 Å². The highest BCUT2D eigenvalue weighted by atomic mass is 15.3. The third-order valence-corrected chi connectivity index (χ3v) is 4.29. The first-order valence-electron chi connectivity index (χ1n) is 7.32. The molecule has 0 bridgehead atoms. The monoisotopic (exact) mass is 261 g/mol. The van der Waals surface area contributed by atoms with Crippen LogP contribution in [0.25, 0.3) is 0 Å². The fourth-order valence-corrected chi connectivity index (χ4v) is 2.88. The molecule has 1 atom stereocenters. The van der Waals surface area contributed by atoms with Crippen molar-refractivity contribution in [2.24, 2.45) is 5.84 Å². The lowest BCUT2D eigenvalue weighted by Crippen LogP contribution is -2.39. The molecule has 0 spiro atoms. The summed E-state index contributed by atoms with van der Waals surface area (Å²) in [6.45, 7) is 5.43. The summed E-state index contributed by atoms with van der Waals surface area (Å²) in [4.78, 5) is 11.8. The molecule has 2 fully saturated rings. The van der Waals surface area contributed by atoms with Gasteiger partial charge in [0.1, 0.15) is 17.5 Å². The molecule has 1 aromatic heterocycles. The zero-order chi connectivity index (χ0) is 13.4. The lowest BCUT2D eigenvalue weighted by molar-refractivity contribution is 0.479. The number of hydrogen-bond acceptors (Lipinski definition) is 5. The second kappa shape index (κ2) is 4.96. The van der Waals surface area contributed by atoms with Crippen molar-refractivity contribution in [1.82, 2.24) is 9.97 Å². The molecule has 5 nitrogen and oxygen atoms in total. The fourth-order valence-electron chi connectivity index (χ4n) is 2.88. The zero-order valence-electron chi connectivity index (χ0n) is 11.8. The first kappa shape index (κ1) is 12.7. The Kier molecular flexibility index (Phi) is 3.31. The number of anilines is 2. The molecule has 104 valence electrons. The summed E-state index contributed by atoms with van der Waals surface area (Å²) in [5.74, 6) is 8.99. The van der Waals surface area contributed by atoms with Crippen LogP contribution in [0.4, 0.5) is 11.6 Å². The van der Waals surface area contributed by atoms with Crippen molar-refractivity contribution in [2.75, 3.05) is 16.9 Å². The van der Waals surface area contributed by atoms with E-state index in [0.29, 0.717) is 12.0 Å². The van der Waals surface area contributed by atoms with Gasteiger partial charge in [-0.25, -0.2) is 15.8 Å². The second-order valence-electron chi connectivity index (χ2n) is 5.84. The molecule has 3 N–H and O–H groups in total. The number of aromatic nitrogens is 2. The van der Waals surface area contributed by atoms with Gasteiger partial charge in [-0.05, 0) is 46.0 Å². The smallest absolute Gasteiger partial charge is 0.148 e. The summed E-state index contributed by atoms with van der Waals surface area (Å²) in [6.07, 6.45) is 6.23. The number of nitrogen functional groups attached to an aromatic ring is 1. The number of nitrogens with zero attached hydrogens (tertiary/aromatic N) is 3. The molecule has 0 amide bonds. The van der Waals surface area contributed by atoms with Gasteiger partial charge in [-0.3, -0.25) is 0 Å². The molecule has 0 radical (unpaired) electrons. The van der Waals surface area contributed by atoms with E-state index in [1.807, 2.05) is 0 Å². The van der Waals surface area contributed by atoms with Crippen molar-refractivity contribution in [3.63, 3.8) is 0 Å². The van der Waals surface area contributed by atoms with E-state index in [-0.39, 0.29) is 0 Å². The number of hydrazine groups is 1. The van der Waals surface area contributed by atoms with Gasteiger partial charge < -0.3 is 10.3 Å². The second-order valence-corrected chi connectivity index (χ2v) is 5.84. The fraction of sp³-hybridized carbons (Fsp3) is 0.714. The average molecular weight is 261 g/mol. The largest absolute Gasteiger partial charge is 0.354 e. The summed E-state index contributed by atoms with van der Waals surface area (Å²) in [5.41, 5.74) is 3.80. The first-order chi connectivity index (χ1) is 9.20. The quantitative estimate of drug-likeness (QED) is 0.645. The van der Waals surface area contributed by atoms with Crippen LogP contribution in [0.2, 0.25) is 0 Å². The minimum Gasteiger partial charge on any atom is -0.354 e. The highest BCUT2D eigenvalue weighted by molar-refractivity contribution is 5.59. The Balaban J connectivity index is 2.00. The Labute approximate surface area is 114 Å². The van der Waals surface area contributed by atoms with E-state index in [9.17, 15) is 0 Å². The van der Waals surface area contributed by atoms with E-state index in [0.717, 1.165) is 29.6 Å². The lowest BCUT2D eigenvalue weighted by Gasteiger charge is -2.35. The molecule has 2 heterocycles. The van der Waals surface area contributed by atoms with Crippen LogP contribution in [0.15, 0.2) is 0 Å². The van der Waals surface area contributed by atoms with E-state index in [4.69, 9.17) is 10.8 Å². The molecular formula is C14H23N5. The molecule has 19 heavy (non-hydrogen) atoms. The van der Waals surface area contributed by atoms with Gasteiger partial charge >= 0.3 is 0 Å². The summed E-state index contributed by atoms with van der Waals surface area (Å²) < 4.78 is 0. The van der Waals surface area contributed by atoms with Gasteiger partial charge in [-0.1, -0.05) is 0 Å². The molecule has 2 aliphatic rings. The van der Waals surface area contributed by atoms with Crippen molar-refractivity contribution in [1.29, 1.82) is 0 Å². The molecule has 1 saturated heterocycles. The number of hydrogen-bond donors (Lipinski definition) is 2. The van der Waals surface area contributed by atoms with Crippen LogP contribution in [0, 0.1) is 6.92 Å². The van der Waals surface area contributed by atoms with Gasteiger partial charge in [0.15, 0.2) is 0 Å². The van der Waals surface area contributed by atoms with Crippen LogP contribution in [0.5, 0.6) is 0 Å². The molecule has 1 saturated carbocycles. The summed E-state index contributed by atoms with van der Waals surface area (Å²) in [5, 5.41) is 0. The predicted octanol–water partition coefficient (Wildman–Crippen LogP) is 2.33. The van der Waals surface area contributed by atoms with Crippen molar-refractivity contribution in [3.8, 4) is 0 Å². The van der Waals surface area contributed by atoms with E-state index in [1.54, 1.807) is 0 Å². The highest BCUT2D eigenvalue weighted by Gasteiger charge is 2.30. The summed E-state index contributed by atoms with van der Waals surface area (Å²) in [6, 6.07) is 0.556. The maximum absolute atomic E-state index is 5.61. The topological polar surface area (TPSA) is 67.1 Å². The summed E-state index contributed by atoms with van der Waals surface area (Å²) in [7, 11) is 0.